The van der Waals surface area contributed by atoms with E-state index in [0.29, 0.717) is 0 Å². The highest BCUT2D eigenvalue weighted by atomic mass is 16.4. The zero-order chi connectivity index (χ0) is 13.2. The molecule has 1 aromatic carbocycles. The third-order valence-corrected chi connectivity index (χ3v) is 4.91. The summed E-state index contributed by atoms with van der Waals surface area (Å²) in [5.41, 5.74) is 3.88. The molecule has 0 aromatic heterocycles. The standard InChI is InChI=1S/C17H22O2/c18-17(19)11-12-6-8-16-14(10-12)7-9-15(16)13-4-2-1-3-5-13/h6,8,10,13,15H,1-5,7,9,11H2,(H,18,19)/t15-/m1/s1. The first-order valence-electron chi connectivity index (χ1n) is 7.57. The van der Waals surface area contributed by atoms with Crippen LogP contribution in [0.15, 0.2) is 18.2 Å². The monoisotopic (exact) mass is 258 g/mol. The first kappa shape index (κ1) is 12.7. The quantitative estimate of drug-likeness (QED) is 0.892. The molecule has 102 valence electrons. The van der Waals surface area contributed by atoms with Crippen LogP contribution in [0.5, 0.6) is 0 Å². The second-order valence-electron chi connectivity index (χ2n) is 6.15. The van der Waals surface area contributed by atoms with Crippen LogP contribution in [0.4, 0.5) is 0 Å². The van der Waals surface area contributed by atoms with Gasteiger partial charge in [0.05, 0.1) is 6.42 Å². The summed E-state index contributed by atoms with van der Waals surface area (Å²) in [6, 6.07) is 6.36. The van der Waals surface area contributed by atoms with E-state index in [1.165, 1.54) is 49.7 Å². The molecule has 0 heterocycles. The van der Waals surface area contributed by atoms with Crippen molar-refractivity contribution in [3.05, 3.63) is 34.9 Å². The van der Waals surface area contributed by atoms with Gasteiger partial charge in [-0.05, 0) is 54.2 Å². The van der Waals surface area contributed by atoms with Crippen molar-refractivity contribution >= 4 is 5.97 Å². The number of aryl methyl sites for hydroxylation is 1. The molecule has 1 aromatic rings. The van der Waals surface area contributed by atoms with Crippen molar-refractivity contribution in [1.82, 2.24) is 0 Å². The van der Waals surface area contributed by atoms with Crippen molar-refractivity contribution in [2.75, 3.05) is 0 Å². The Kier molecular flexibility index (Phi) is 3.58. The molecule has 0 radical (unpaired) electrons. The maximum Gasteiger partial charge on any atom is 0.307 e. The minimum absolute atomic E-state index is 0.154. The van der Waals surface area contributed by atoms with E-state index in [0.717, 1.165) is 23.8 Å². The molecular formula is C17H22O2. The Balaban J connectivity index is 1.78. The molecule has 0 aliphatic heterocycles. The largest absolute Gasteiger partial charge is 0.481 e. The molecule has 1 N–H and O–H groups in total. The lowest BCUT2D eigenvalue weighted by atomic mass is 9.77. The van der Waals surface area contributed by atoms with Gasteiger partial charge >= 0.3 is 5.97 Å². The number of aliphatic carboxylic acids is 1. The minimum Gasteiger partial charge on any atom is -0.481 e. The van der Waals surface area contributed by atoms with Crippen LogP contribution in [0, 0.1) is 5.92 Å². The van der Waals surface area contributed by atoms with E-state index in [9.17, 15) is 4.79 Å². The van der Waals surface area contributed by atoms with E-state index in [2.05, 4.69) is 12.1 Å². The van der Waals surface area contributed by atoms with Crippen LogP contribution < -0.4 is 0 Å². The fourth-order valence-corrected chi connectivity index (χ4v) is 4.01. The molecule has 2 aliphatic rings. The summed E-state index contributed by atoms with van der Waals surface area (Å²) in [6.07, 6.45) is 9.55. The van der Waals surface area contributed by atoms with Gasteiger partial charge in [-0.2, -0.15) is 0 Å². The van der Waals surface area contributed by atoms with Gasteiger partial charge in [-0.25, -0.2) is 0 Å². The van der Waals surface area contributed by atoms with Crippen molar-refractivity contribution in [2.45, 2.75) is 57.3 Å². The summed E-state index contributed by atoms with van der Waals surface area (Å²) in [6.45, 7) is 0. The lowest BCUT2D eigenvalue weighted by Crippen LogP contribution is -2.14. The molecule has 1 atom stereocenters. The number of carboxylic acid groups (broad SMARTS) is 1. The summed E-state index contributed by atoms with van der Waals surface area (Å²) in [4.78, 5) is 10.8. The topological polar surface area (TPSA) is 37.3 Å². The fourth-order valence-electron chi connectivity index (χ4n) is 4.01. The van der Waals surface area contributed by atoms with Gasteiger partial charge in [0.15, 0.2) is 0 Å². The van der Waals surface area contributed by atoms with E-state index < -0.39 is 5.97 Å². The van der Waals surface area contributed by atoms with Crippen LogP contribution in [0.25, 0.3) is 0 Å². The van der Waals surface area contributed by atoms with Crippen molar-refractivity contribution < 1.29 is 9.90 Å². The molecule has 0 spiro atoms. The lowest BCUT2D eigenvalue weighted by Gasteiger charge is -2.28. The molecular weight excluding hydrogens is 236 g/mol. The predicted molar refractivity (Wildman–Crippen MR) is 75.4 cm³/mol. The second-order valence-corrected chi connectivity index (χ2v) is 6.15. The summed E-state index contributed by atoms with van der Waals surface area (Å²) in [7, 11) is 0. The highest BCUT2D eigenvalue weighted by Crippen LogP contribution is 2.44. The number of fused-ring (bicyclic) bond motifs is 1. The SMILES string of the molecule is O=C(O)Cc1ccc2c(c1)CC[C@@H]2C1CCCCC1. The number of hydrogen-bond acceptors (Lipinski definition) is 1. The number of hydrogen-bond donors (Lipinski definition) is 1. The molecule has 2 heteroatoms. The van der Waals surface area contributed by atoms with Crippen molar-refractivity contribution in [3.63, 3.8) is 0 Å². The second kappa shape index (κ2) is 5.36. The molecule has 0 amide bonds. The smallest absolute Gasteiger partial charge is 0.307 e. The van der Waals surface area contributed by atoms with Crippen molar-refractivity contribution in [2.24, 2.45) is 5.92 Å². The van der Waals surface area contributed by atoms with Crippen LogP contribution in [0.2, 0.25) is 0 Å². The highest BCUT2D eigenvalue weighted by Gasteiger charge is 2.30. The summed E-state index contributed by atoms with van der Waals surface area (Å²) < 4.78 is 0. The lowest BCUT2D eigenvalue weighted by molar-refractivity contribution is -0.136. The van der Waals surface area contributed by atoms with Gasteiger partial charge in [0, 0.05) is 0 Å². The van der Waals surface area contributed by atoms with Gasteiger partial charge in [-0.3, -0.25) is 4.79 Å². The van der Waals surface area contributed by atoms with Crippen LogP contribution in [-0.4, -0.2) is 11.1 Å². The Morgan fingerprint density at radius 3 is 2.68 bits per heavy atom. The maximum absolute atomic E-state index is 10.8. The predicted octanol–water partition coefficient (Wildman–Crippen LogP) is 3.92. The molecule has 1 fully saturated rings. The fraction of sp³-hybridized carbons (Fsp3) is 0.588. The normalized spacial score (nSPS) is 23.3. The van der Waals surface area contributed by atoms with E-state index in [-0.39, 0.29) is 6.42 Å². The van der Waals surface area contributed by atoms with Crippen molar-refractivity contribution in [3.8, 4) is 0 Å². The van der Waals surface area contributed by atoms with E-state index in [1.807, 2.05) is 6.07 Å². The van der Waals surface area contributed by atoms with E-state index in [4.69, 9.17) is 5.11 Å². The Morgan fingerprint density at radius 2 is 1.95 bits per heavy atom. The average molecular weight is 258 g/mol. The molecule has 0 bridgehead atoms. The third kappa shape index (κ3) is 2.68. The first-order chi connectivity index (χ1) is 9.24. The maximum atomic E-state index is 10.8. The van der Waals surface area contributed by atoms with Gasteiger partial charge in [0.25, 0.3) is 0 Å². The Labute approximate surface area is 114 Å². The molecule has 0 saturated heterocycles. The van der Waals surface area contributed by atoms with Crippen molar-refractivity contribution in [1.29, 1.82) is 0 Å². The average Bonchev–Trinajstić information content (AvgIpc) is 2.82. The molecule has 1 saturated carbocycles. The Morgan fingerprint density at radius 1 is 1.16 bits per heavy atom. The highest BCUT2D eigenvalue weighted by molar-refractivity contribution is 5.70. The van der Waals surface area contributed by atoms with E-state index >= 15 is 0 Å². The Hall–Kier alpha value is -1.31. The summed E-state index contributed by atoms with van der Waals surface area (Å²) >= 11 is 0. The Bertz CT molecular complexity index is 472. The summed E-state index contributed by atoms with van der Waals surface area (Å²) in [5, 5.41) is 8.87. The number of rotatable bonds is 3. The third-order valence-electron chi connectivity index (χ3n) is 4.91. The van der Waals surface area contributed by atoms with Crippen LogP contribution in [0.1, 0.15) is 61.1 Å². The zero-order valence-corrected chi connectivity index (χ0v) is 11.4. The molecule has 2 aliphatic carbocycles. The van der Waals surface area contributed by atoms with Gasteiger partial charge in [0.1, 0.15) is 0 Å². The zero-order valence-electron chi connectivity index (χ0n) is 11.4. The molecule has 3 rings (SSSR count). The molecule has 19 heavy (non-hydrogen) atoms. The number of carboxylic acids is 1. The summed E-state index contributed by atoms with van der Waals surface area (Å²) in [5.74, 6) is 0.885. The minimum atomic E-state index is -0.734. The molecule has 0 unspecified atom stereocenters. The molecule has 2 nitrogen and oxygen atoms in total. The van der Waals surface area contributed by atoms with Crippen LogP contribution >= 0.6 is 0 Å². The number of benzene rings is 1. The van der Waals surface area contributed by atoms with Gasteiger partial charge < -0.3 is 5.11 Å². The number of carbonyl (C=O) groups is 1. The van der Waals surface area contributed by atoms with Crippen LogP contribution in [0.3, 0.4) is 0 Å². The van der Waals surface area contributed by atoms with Gasteiger partial charge in [-0.1, -0.05) is 37.5 Å². The van der Waals surface area contributed by atoms with Gasteiger partial charge in [-0.15, -0.1) is 0 Å². The van der Waals surface area contributed by atoms with E-state index in [1.54, 1.807) is 0 Å². The first-order valence-corrected chi connectivity index (χ1v) is 7.57. The van der Waals surface area contributed by atoms with Gasteiger partial charge in [0.2, 0.25) is 0 Å². The van der Waals surface area contributed by atoms with Crippen LogP contribution in [-0.2, 0) is 17.6 Å².